The third-order valence-corrected chi connectivity index (χ3v) is 2.36. The van der Waals surface area contributed by atoms with Crippen molar-refractivity contribution < 1.29 is 14.8 Å². The van der Waals surface area contributed by atoms with Crippen molar-refractivity contribution in [2.75, 3.05) is 0 Å². The minimum absolute atomic E-state index is 0.0646. The van der Waals surface area contributed by atoms with Crippen LogP contribution in [0.3, 0.4) is 0 Å². The van der Waals surface area contributed by atoms with E-state index in [1.54, 1.807) is 0 Å². The van der Waals surface area contributed by atoms with Crippen molar-refractivity contribution in [2.24, 2.45) is 0 Å². The fourth-order valence-electron chi connectivity index (χ4n) is 1.66. The van der Waals surface area contributed by atoms with Gasteiger partial charge in [-0.1, -0.05) is 0 Å². The molecule has 0 fully saturated rings. The summed E-state index contributed by atoms with van der Waals surface area (Å²) in [5, 5.41) is 20.0. The molecule has 1 aromatic rings. The van der Waals surface area contributed by atoms with Crippen LogP contribution in [-0.2, 0) is 6.42 Å². The van der Waals surface area contributed by atoms with Crippen LogP contribution in [0.4, 0.5) is 5.69 Å². The molecule has 0 saturated carbocycles. The lowest BCUT2D eigenvalue weighted by Crippen LogP contribution is -1.94. The first-order valence-corrected chi connectivity index (χ1v) is 4.13. The molecule has 72 valence electrons. The van der Waals surface area contributed by atoms with E-state index >= 15 is 0 Å². The molecular formula is C9H7NO4. The maximum absolute atomic E-state index is 11.2. The number of aromatic hydroxyl groups is 1. The Kier molecular flexibility index (Phi) is 1.73. The molecule has 5 nitrogen and oxygen atoms in total. The molecule has 0 aromatic heterocycles. The fraction of sp³-hybridized carbons (Fsp3) is 0.222. The Hall–Kier alpha value is -1.91. The molecule has 5 heteroatoms. The third-order valence-electron chi connectivity index (χ3n) is 2.36. The number of nitro groups is 1. The number of hydrogen-bond acceptors (Lipinski definition) is 4. The number of Topliss-reactive ketones (excluding diaryl/α,β-unsaturated/α-hetero) is 1. The highest BCUT2D eigenvalue weighted by Crippen LogP contribution is 2.36. The highest BCUT2D eigenvalue weighted by atomic mass is 16.6. The summed E-state index contributed by atoms with van der Waals surface area (Å²) >= 11 is 0. The van der Waals surface area contributed by atoms with Gasteiger partial charge in [-0.15, -0.1) is 0 Å². The van der Waals surface area contributed by atoms with Gasteiger partial charge in [0.1, 0.15) is 0 Å². The molecule has 0 heterocycles. The van der Waals surface area contributed by atoms with Crippen LogP contribution in [0.25, 0.3) is 0 Å². The van der Waals surface area contributed by atoms with E-state index in [4.69, 9.17) is 0 Å². The van der Waals surface area contributed by atoms with E-state index in [1.807, 2.05) is 0 Å². The second-order valence-corrected chi connectivity index (χ2v) is 3.14. The number of rotatable bonds is 1. The van der Waals surface area contributed by atoms with Crippen molar-refractivity contribution in [1.82, 2.24) is 0 Å². The normalized spacial score (nSPS) is 14.1. The average molecular weight is 193 g/mol. The maximum atomic E-state index is 11.2. The maximum Gasteiger partial charge on any atom is 0.311 e. The van der Waals surface area contributed by atoms with Crippen molar-refractivity contribution in [2.45, 2.75) is 12.8 Å². The number of carbonyl (C=O) groups is 1. The predicted molar refractivity (Wildman–Crippen MR) is 47.4 cm³/mol. The number of phenolic OH excluding ortho intramolecular Hbond substituents is 1. The molecule has 0 bridgehead atoms. The van der Waals surface area contributed by atoms with Gasteiger partial charge in [-0.05, 0) is 12.5 Å². The Balaban J connectivity index is 2.64. The summed E-state index contributed by atoms with van der Waals surface area (Å²) in [6.45, 7) is 0. The van der Waals surface area contributed by atoms with E-state index in [-0.39, 0.29) is 17.2 Å². The number of hydrogen-bond donors (Lipinski definition) is 1. The molecule has 0 saturated heterocycles. The number of nitrogens with zero attached hydrogens (tertiary/aromatic N) is 1. The van der Waals surface area contributed by atoms with Crippen LogP contribution in [-0.4, -0.2) is 15.8 Å². The Morgan fingerprint density at radius 1 is 1.36 bits per heavy atom. The van der Waals surface area contributed by atoms with Crippen molar-refractivity contribution in [1.29, 1.82) is 0 Å². The van der Waals surface area contributed by atoms with Gasteiger partial charge in [-0.3, -0.25) is 14.9 Å². The lowest BCUT2D eigenvalue weighted by Gasteiger charge is -2.01. The zero-order valence-electron chi connectivity index (χ0n) is 7.19. The first-order valence-electron chi connectivity index (χ1n) is 4.13. The van der Waals surface area contributed by atoms with Gasteiger partial charge >= 0.3 is 5.69 Å². The zero-order valence-corrected chi connectivity index (χ0v) is 7.19. The van der Waals surface area contributed by atoms with Gasteiger partial charge in [0.15, 0.2) is 11.5 Å². The smallest absolute Gasteiger partial charge is 0.311 e. The van der Waals surface area contributed by atoms with Crippen molar-refractivity contribution in [3.05, 3.63) is 33.4 Å². The lowest BCUT2D eigenvalue weighted by molar-refractivity contribution is -0.385. The molecule has 0 unspecified atom stereocenters. The summed E-state index contributed by atoms with van der Waals surface area (Å²) in [5.74, 6) is -0.427. The van der Waals surface area contributed by atoms with Crippen LogP contribution < -0.4 is 0 Å². The molecule has 1 N–H and O–H groups in total. The van der Waals surface area contributed by atoms with Gasteiger partial charge in [0.2, 0.25) is 0 Å². The number of ketones is 1. The summed E-state index contributed by atoms with van der Waals surface area (Å²) in [5.41, 5.74) is 0.482. The molecule has 1 aliphatic carbocycles. The summed E-state index contributed by atoms with van der Waals surface area (Å²) in [4.78, 5) is 21.0. The highest BCUT2D eigenvalue weighted by molar-refractivity contribution is 6.01. The Bertz CT molecular complexity index is 439. The van der Waals surface area contributed by atoms with Crippen LogP contribution in [0.15, 0.2) is 12.1 Å². The first-order chi connectivity index (χ1) is 6.61. The monoisotopic (exact) mass is 193 g/mol. The molecule has 1 aromatic carbocycles. The fourth-order valence-corrected chi connectivity index (χ4v) is 1.66. The number of fused-ring (bicyclic) bond motifs is 1. The molecule has 0 radical (unpaired) electrons. The molecule has 14 heavy (non-hydrogen) atoms. The molecular weight excluding hydrogens is 186 g/mol. The standard InChI is InChI=1S/C9H7NO4/c11-8-4-2-6-5(8)1-3-7(9(6)12)10(13)14/h1,3,12H,2,4H2. The number of nitro benzene ring substituents is 1. The van der Waals surface area contributed by atoms with Crippen LogP contribution in [0.1, 0.15) is 22.3 Å². The van der Waals surface area contributed by atoms with E-state index in [2.05, 4.69) is 0 Å². The van der Waals surface area contributed by atoms with E-state index in [0.717, 1.165) is 6.07 Å². The summed E-state index contributed by atoms with van der Waals surface area (Å²) in [6.07, 6.45) is 0.714. The summed E-state index contributed by atoms with van der Waals surface area (Å²) in [6, 6.07) is 2.57. The second kappa shape index (κ2) is 2.80. The quantitative estimate of drug-likeness (QED) is 0.540. The molecule has 0 aliphatic heterocycles. The molecule has 1 aliphatic rings. The number of phenols is 1. The number of carbonyl (C=O) groups excluding carboxylic acids is 1. The third kappa shape index (κ3) is 1.06. The topological polar surface area (TPSA) is 80.4 Å². The van der Waals surface area contributed by atoms with E-state index < -0.39 is 4.92 Å². The minimum atomic E-state index is -0.654. The van der Waals surface area contributed by atoms with Crippen molar-refractivity contribution in [3.63, 3.8) is 0 Å². The van der Waals surface area contributed by atoms with Crippen LogP contribution >= 0.6 is 0 Å². The highest BCUT2D eigenvalue weighted by Gasteiger charge is 2.27. The van der Waals surface area contributed by atoms with Gasteiger partial charge in [0.25, 0.3) is 0 Å². The first kappa shape index (κ1) is 8.68. The minimum Gasteiger partial charge on any atom is -0.502 e. The van der Waals surface area contributed by atoms with E-state index in [0.29, 0.717) is 24.0 Å². The summed E-state index contributed by atoms with van der Waals surface area (Å²) in [7, 11) is 0. The largest absolute Gasteiger partial charge is 0.502 e. The van der Waals surface area contributed by atoms with Gasteiger partial charge < -0.3 is 5.11 Å². The average Bonchev–Trinajstić information content (AvgIpc) is 2.49. The Labute approximate surface area is 79.1 Å². The van der Waals surface area contributed by atoms with Crippen molar-refractivity contribution in [3.8, 4) is 5.75 Å². The van der Waals surface area contributed by atoms with E-state index in [9.17, 15) is 20.0 Å². The molecule has 2 rings (SSSR count). The lowest BCUT2D eigenvalue weighted by atomic mass is 10.1. The van der Waals surface area contributed by atoms with Crippen molar-refractivity contribution >= 4 is 11.5 Å². The van der Waals surface area contributed by atoms with Gasteiger partial charge in [0, 0.05) is 23.6 Å². The summed E-state index contributed by atoms with van der Waals surface area (Å²) < 4.78 is 0. The predicted octanol–water partition coefficient (Wildman–Crippen LogP) is 1.43. The van der Waals surface area contributed by atoms with Crippen LogP contribution in [0.5, 0.6) is 5.75 Å². The molecule has 0 atom stereocenters. The SMILES string of the molecule is O=C1CCc2c1ccc([N+](=O)[O-])c2O. The Morgan fingerprint density at radius 2 is 2.07 bits per heavy atom. The molecule has 0 amide bonds. The van der Waals surface area contributed by atoms with Gasteiger partial charge in [0.05, 0.1) is 4.92 Å². The number of benzene rings is 1. The van der Waals surface area contributed by atoms with Crippen LogP contribution in [0.2, 0.25) is 0 Å². The van der Waals surface area contributed by atoms with Gasteiger partial charge in [-0.25, -0.2) is 0 Å². The molecule has 0 spiro atoms. The second-order valence-electron chi connectivity index (χ2n) is 3.14. The van der Waals surface area contributed by atoms with Crippen LogP contribution in [0, 0.1) is 10.1 Å². The van der Waals surface area contributed by atoms with E-state index in [1.165, 1.54) is 6.07 Å². The van der Waals surface area contributed by atoms with Gasteiger partial charge in [-0.2, -0.15) is 0 Å². The zero-order chi connectivity index (χ0) is 10.3. The Morgan fingerprint density at radius 3 is 2.71 bits per heavy atom.